The molecule has 0 aromatic carbocycles. The summed E-state index contributed by atoms with van der Waals surface area (Å²) in [6, 6.07) is 0.222. The number of likely N-dealkylation sites (tertiary alicyclic amines) is 1. The maximum Gasteiger partial charge on any atom is 0.410 e. The number of ether oxygens (including phenoxy) is 2. The van der Waals surface area contributed by atoms with Gasteiger partial charge in [-0.1, -0.05) is 18.3 Å². The molecular weight excluding hydrogens is 342 g/mol. The highest BCUT2D eigenvalue weighted by Gasteiger charge is 2.27. The first-order valence-corrected chi connectivity index (χ1v) is 9.37. The van der Waals surface area contributed by atoms with Gasteiger partial charge in [-0.2, -0.15) is 0 Å². The van der Waals surface area contributed by atoms with Crippen molar-refractivity contribution >= 4 is 28.5 Å². The van der Waals surface area contributed by atoms with Gasteiger partial charge in [-0.15, -0.1) is 0 Å². The number of anilines is 1. The molecule has 25 heavy (non-hydrogen) atoms. The average molecular weight is 369 g/mol. The second-order valence-electron chi connectivity index (χ2n) is 7.03. The molecule has 2 heterocycles. The van der Waals surface area contributed by atoms with Gasteiger partial charge >= 0.3 is 12.1 Å². The number of piperidine rings is 1. The van der Waals surface area contributed by atoms with E-state index in [1.165, 1.54) is 18.4 Å². The number of carbonyl (C=O) groups excluding carboxylic acids is 2. The summed E-state index contributed by atoms with van der Waals surface area (Å²) < 4.78 is 10.2. The molecule has 1 aromatic heterocycles. The molecule has 140 valence electrons. The number of nitrogens with zero attached hydrogens (tertiary/aromatic N) is 2. The number of nitrogens with one attached hydrogen (secondary N) is 1. The first-order chi connectivity index (χ1) is 11.7. The minimum atomic E-state index is -0.478. The van der Waals surface area contributed by atoms with E-state index in [9.17, 15) is 9.59 Å². The standard InChI is InChI=1S/C17H27N3O4S/c1-6-12-13(14(21)23-5)25-15(19-12)18-11-7-9-20(10-8-11)16(22)24-17(2,3)4/h11H,6-10H2,1-5H3,(H,18,19). The Balaban J connectivity index is 1.91. The van der Waals surface area contributed by atoms with Gasteiger partial charge in [-0.25, -0.2) is 14.6 Å². The Morgan fingerprint density at radius 2 is 1.96 bits per heavy atom. The van der Waals surface area contributed by atoms with Crippen LogP contribution in [0.1, 0.15) is 55.9 Å². The maximum absolute atomic E-state index is 12.1. The van der Waals surface area contributed by atoms with E-state index in [0.717, 1.165) is 23.7 Å². The quantitative estimate of drug-likeness (QED) is 0.820. The van der Waals surface area contributed by atoms with Crippen LogP contribution in [0.5, 0.6) is 0 Å². The molecule has 1 aromatic rings. The topological polar surface area (TPSA) is 80.8 Å². The molecule has 0 bridgehead atoms. The van der Waals surface area contributed by atoms with Gasteiger partial charge in [0.25, 0.3) is 0 Å². The van der Waals surface area contributed by atoms with Crippen molar-refractivity contribution in [2.75, 3.05) is 25.5 Å². The molecule has 0 atom stereocenters. The number of aryl methyl sites for hydroxylation is 1. The van der Waals surface area contributed by atoms with Crippen molar-refractivity contribution in [2.45, 2.75) is 58.6 Å². The van der Waals surface area contributed by atoms with Crippen LogP contribution < -0.4 is 5.32 Å². The third kappa shape index (κ3) is 5.32. The fraction of sp³-hybridized carbons (Fsp3) is 0.706. The monoisotopic (exact) mass is 369 g/mol. The fourth-order valence-electron chi connectivity index (χ4n) is 2.61. The normalized spacial score (nSPS) is 15.8. The molecule has 0 unspecified atom stereocenters. The van der Waals surface area contributed by atoms with Gasteiger partial charge < -0.3 is 19.7 Å². The Labute approximate surface area is 152 Å². The lowest BCUT2D eigenvalue weighted by atomic mass is 10.1. The zero-order valence-electron chi connectivity index (χ0n) is 15.5. The molecule has 8 heteroatoms. The Kier molecular flexibility index (Phi) is 6.26. The van der Waals surface area contributed by atoms with Crippen molar-refractivity contribution in [3.8, 4) is 0 Å². The van der Waals surface area contributed by atoms with Crippen molar-refractivity contribution in [3.05, 3.63) is 10.6 Å². The molecule has 0 spiro atoms. The second kappa shape index (κ2) is 8.03. The minimum Gasteiger partial charge on any atom is -0.465 e. The number of thiazole rings is 1. The molecule has 1 aliphatic heterocycles. The van der Waals surface area contributed by atoms with E-state index in [0.29, 0.717) is 24.4 Å². The molecule has 0 radical (unpaired) electrons. The summed E-state index contributed by atoms with van der Waals surface area (Å²) in [4.78, 5) is 30.7. The summed E-state index contributed by atoms with van der Waals surface area (Å²) >= 11 is 1.32. The number of hydrogen-bond donors (Lipinski definition) is 1. The van der Waals surface area contributed by atoms with E-state index in [-0.39, 0.29) is 18.1 Å². The van der Waals surface area contributed by atoms with Gasteiger partial charge in [0.2, 0.25) is 0 Å². The van der Waals surface area contributed by atoms with Gasteiger partial charge in [-0.3, -0.25) is 0 Å². The smallest absolute Gasteiger partial charge is 0.410 e. The minimum absolute atomic E-state index is 0.222. The zero-order chi connectivity index (χ0) is 18.6. The lowest BCUT2D eigenvalue weighted by Gasteiger charge is -2.33. The first-order valence-electron chi connectivity index (χ1n) is 8.56. The SMILES string of the molecule is CCc1nc(NC2CCN(C(=O)OC(C)(C)C)CC2)sc1C(=O)OC. The number of esters is 1. The van der Waals surface area contributed by atoms with E-state index < -0.39 is 5.60 Å². The highest BCUT2D eigenvalue weighted by Crippen LogP contribution is 2.27. The molecule has 1 aliphatic rings. The van der Waals surface area contributed by atoms with Crippen LogP contribution in [0.3, 0.4) is 0 Å². The fourth-order valence-corrected chi connectivity index (χ4v) is 3.66. The highest BCUT2D eigenvalue weighted by molar-refractivity contribution is 7.17. The molecule has 1 N–H and O–H groups in total. The van der Waals surface area contributed by atoms with Gasteiger partial charge in [-0.05, 0) is 40.0 Å². The number of carbonyl (C=O) groups is 2. The maximum atomic E-state index is 12.1. The summed E-state index contributed by atoms with van der Waals surface area (Å²) in [6.45, 7) is 8.85. The van der Waals surface area contributed by atoms with E-state index in [1.54, 1.807) is 4.90 Å². The number of rotatable bonds is 4. The van der Waals surface area contributed by atoms with E-state index >= 15 is 0 Å². The highest BCUT2D eigenvalue weighted by atomic mass is 32.1. The summed E-state index contributed by atoms with van der Waals surface area (Å²) in [5.41, 5.74) is 0.277. The molecule has 1 saturated heterocycles. The Morgan fingerprint density at radius 3 is 2.48 bits per heavy atom. The summed E-state index contributed by atoms with van der Waals surface area (Å²) in [5.74, 6) is -0.345. The van der Waals surface area contributed by atoms with Crippen molar-refractivity contribution in [1.29, 1.82) is 0 Å². The number of aromatic nitrogens is 1. The van der Waals surface area contributed by atoms with Crippen LogP contribution >= 0.6 is 11.3 Å². The van der Waals surface area contributed by atoms with Crippen LogP contribution in [0.4, 0.5) is 9.93 Å². The van der Waals surface area contributed by atoms with Crippen molar-refractivity contribution in [1.82, 2.24) is 9.88 Å². The predicted octanol–water partition coefficient (Wildman–Crippen LogP) is 3.30. The molecule has 0 aliphatic carbocycles. The van der Waals surface area contributed by atoms with Crippen molar-refractivity contribution in [3.63, 3.8) is 0 Å². The molecule has 2 rings (SSSR count). The largest absolute Gasteiger partial charge is 0.465 e. The molecule has 1 amide bonds. The van der Waals surface area contributed by atoms with Crippen LogP contribution in [-0.2, 0) is 15.9 Å². The van der Waals surface area contributed by atoms with E-state index in [4.69, 9.17) is 9.47 Å². The molecule has 0 saturated carbocycles. The molecule has 1 fully saturated rings. The van der Waals surface area contributed by atoms with E-state index in [2.05, 4.69) is 10.3 Å². The van der Waals surface area contributed by atoms with Crippen LogP contribution in [0.25, 0.3) is 0 Å². The summed E-state index contributed by atoms with van der Waals surface area (Å²) in [7, 11) is 1.38. The van der Waals surface area contributed by atoms with E-state index in [1.807, 2.05) is 27.7 Å². The van der Waals surface area contributed by atoms with Crippen LogP contribution in [0.15, 0.2) is 0 Å². The van der Waals surface area contributed by atoms with Crippen LogP contribution in [0, 0.1) is 0 Å². The molecule has 7 nitrogen and oxygen atoms in total. The average Bonchev–Trinajstić information content (AvgIpc) is 2.96. The summed E-state index contributed by atoms with van der Waals surface area (Å²) in [5, 5.41) is 4.11. The number of methoxy groups -OCH3 is 1. The van der Waals surface area contributed by atoms with Crippen LogP contribution in [-0.4, -0.2) is 53.8 Å². The zero-order valence-corrected chi connectivity index (χ0v) is 16.4. The van der Waals surface area contributed by atoms with Gasteiger partial charge in [0.05, 0.1) is 12.8 Å². The Morgan fingerprint density at radius 1 is 1.32 bits per heavy atom. The van der Waals surface area contributed by atoms with Gasteiger partial charge in [0.15, 0.2) is 5.13 Å². The summed E-state index contributed by atoms with van der Waals surface area (Å²) in [6.07, 6.45) is 2.04. The molecular formula is C17H27N3O4S. The number of amides is 1. The Bertz CT molecular complexity index is 616. The third-order valence-electron chi connectivity index (χ3n) is 3.88. The van der Waals surface area contributed by atoms with Crippen molar-refractivity contribution in [2.24, 2.45) is 0 Å². The first kappa shape index (κ1) is 19.5. The second-order valence-corrected chi connectivity index (χ2v) is 8.03. The Hall–Kier alpha value is -1.83. The predicted molar refractivity (Wildman–Crippen MR) is 97.3 cm³/mol. The lowest BCUT2D eigenvalue weighted by Crippen LogP contribution is -2.44. The van der Waals surface area contributed by atoms with Gasteiger partial charge in [0, 0.05) is 19.1 Å². The number of hydrogen-bond acceptors (Lipinski definition) is 7. The van der Waals surface area contributed by atoms with Gasteiger partial charge in [0.1, 0.15) is 10.5 Å². The third-order valence-corrected chi connectivity index (χ3v) is 4.89. The van der Waals surface area contributed by atoms with Crippen molar-refractivity contribution < 1.29 is 19.1 Å². The van der Waals surface area contributed by atoms with Crippen LogP contribution in [0.2, 0.25) is 0 Å². The lowest BCUT2D eigenvalue weighted by molar-refractivity contribution is 0.0210.